The molecule has 10 heteroatoms. The highest BCUT2D eigenvalue weighted by Crippen LogP contribution is 2.32. The summed E-state index contributed by atoms with van der Waals surface area (Å²) in [4.78, 5) is 21.7. The summed E-state index contributed by atoms with van der Waals surface area (Å²) in [6, 6.07) is 13.3. The molecule has 0 aliphatic rings. The van der Waals surface area contributed by atoms with E-state index in [4.69, 9.17) is 0 Å². The number of hydrogen-bond donors (Lipinski definition) is 1. The van der Waals surface area contributed by atoms with Crippen LogP contribution >= 0.6 is 0 Å². The van der Waals surface area contributed by atoms with Gasteiger partial charge < -0.3 is 14.5 Å². The van der Waals surface area contributed by atoms with Crippen LogP contribution in [0.15, 0.2) is 60.8 Å². The van der Waals surface area contributed by atoms with Crippen molar-refractivity contribution in [3.63, 3.8) is 0 Å². The number of aromatic nitrogens is 4. The van der Waals surface area contributed by atoms with Crippen molar-refractivity contribution < 1.29 is 22.4 Å². The van der Waals surface area contributed by atoms with E-state index < -0.39 is 23.5 Å². The molecular formula is C25H19F4N5O. The second-order valence-electron chi connectivity index (χ2n) is 8.26. The molecule has 35 heavy (non-hydrogen) atoms. The Morgan fingerprint density at radius 2 is 1.89 bits per heavy atom. The number of halogens is 4. The molecule has 1 N–H and O–H groups in total. The van der Waals surface area contributed by atoms with Crippen molar-refractivity contribution in [3.05, 3.63) is 89.3 Å². The van der Waals surface area contributed by atoms with Gasteiger partial charge in [-0.1, -0.05) is 12.1 Å². The lowest BCUT2D eigenvalue weighted by molar-refractivity contribution is -0.137. The van der Waals surface area contributed by atoms with Crippen LogP contribution in [0, 0.1) is 12.7 Å². The van der Waals surface area contributed by atoms with E-state index in [0.29, 0.717) is 16.8 Å². The van der Waals surface area contributed by atoms with Crippen molar-refractivity contribution in [2.24, 2.45) is 7.05 Å². The van der Waals surface area contributed by atoms with E-state index >= 15 is 0 Å². The van der Waals surface area contributed by atoms with Crippen molar-refractivity contribution in [1.29, 1.82) is 0 Å². The summed E-state index contributed by atoms with van der Waals surface area (Å²) in [5.41, 5.74) is 1.95. The third kappa shape index (κ3) is 4.23. The van der Waals surface area contributed by atoms with Crippen LogP contribution in [0.1, 0.15) is 27.4 Å². The number of aryl methyl sites for hydroxylation is 2. The Kier molecular flexibility index (Phi) is 5.31. The highest BCUT2D eigenvalue weighted by atomic mass is 19.4. The molecule has 3 heterocycles. The highest BCUT2D eigenvalue weighted by Gasteiger charge is 2.32. The Bertz CT molecular complexity index is 1600. The molecule has 0 fully saturated rings. The highest BCUT2D eigenvalue weighted by molar-refractivity contribution is 6.06. The maximum atomic E-state index is 13.8. The standard InChI is InChI=1S/C25H19F4N5O/c1-14-31-20-11-19(6-7-21(20)33(14)2)32-24(35)22-10-16-9-17(25(27,28)29)12-30-23(16)34(22)13-15-4-3-5-18(26)8-15/h3-12H,13H2,1-2H3,(H,32,35). The van der Waals surface area contributed by atoms with Gasteiger partial charge in [0.2, 0.25) is 0 Å². The molecule has 5 rings (SSSR count). The first-order chi connectivity index (χ1) is 16.6. The number of nitrogens with zero attached hydrogens (tertiary/aromatic N) is 4. The lowest BCUT2D eigenvalue weighted by Gasteiger charge is -2.12. The second-order valence-corrected chi connectivity index (χ2v) is 8.26. The van der Waals surface area contributed by atoms with Crippen LogP contribution in [0.4, 0.5) is 23.2 Å². The van der Waals surface area contributed by atoms with E-state index in [1.165, 1.54) is 28.8 Å². The molecule has 0 unspecified atom stereocenters. The zero-order chi connectivity index (χ0) is 24.9. The number of carbonyl (C=O) groups is 1. The fourth-order valence-electron chi connectivity index (χ4n) is 4.06. The molecule has 1 amide bonds. The Morgan fingerprint density at radius 1 is 1.09 bits per heavy atom. The molecule has 178 valence electrons. The molecule has 0 spiro atoms. The molecular weight excluding hydrogens is 462 g/mol. The third-order valence-electron chi connectivity index (χ3n) is 5.89. The zero-order valence-corrected chi connectivity index (χ0v) is 18.7. The number of benzene rings is 2. The van der Waals surface area contributed by atoms with Crippen LogP contribution < -0.4 is 5.32 Å². The van der Waals surface area contributed by atoms with Crippen LogP contribution in [0.5, 0.6) is 0 Å². The average molecular weight is 481 g/mol. The number of anilines is 1. The maximum Gasteiger partial charge on any atom is 0.417 e. The number of pyridine rings is 1. The van der Waals surface area contributed by atoms with Crippen LogP contribution in [-0.4, -0.2) is 25.0 Å². The van der Waals surface area contributed by atoms with Gasteiger partial charge in [-0.05, 0) is 55.0 Å². The van der Waals surface area contributed by atoms with Gasteiger partial charge in [-0.25, -0.2) is 14.4 Å². The first-order valence-corrected chi connectivity index (χ1v) is 10.7. The lowest BCUT2D eigenvalue weighted by atomic mass is 10.2. The molecule has 0 saturated heterocycles. The summed E-state index contributed by atoms with van der Waals surface area (Å²) in [6.45, 7) is 1.91. The van der Waals surface area contributed by atoms with Gasteiger partial charge in [0, 0.05) is 30.9 Å². The van der Waals surface area contributed by atoms with E-state index in [-0.39, 0.29) is 23.3 Å². The molecule has 0 bridgehead atoms. The van der Waals surface area contributed by atoms with Crippen molar-refractivity contribution in [3.8, 4) is 0 Å². The van der Waals surface area contributed by atoms with Gasteiger partial charge in [-0.2, -0.15) is 13.2 Å². The van der Waals surface area contributed by atoms with Crippen LogP contribution in [0.3, 0.4) is 0 Å². The van der Waals surface area contributed by atoms with Gasteiger partial charge in [0.25, 0.3) is 5.91 Å². The molecule has 0 aliphatic heterocycles. The monoisotopic (exact) mass is 481 g/mol. The smallest absolute Gasteiger partial charge is 0.331 e. The minimum atomic E-state index is -4.58. The quantitative estimate of drug-likeness (QED) is 0.336. The minimum absolute atomic E-state index is 0.0425. The normalized spacial score (nSPS) is 11.9. The molecule has 3 aromatic heterocycles. The molecule has 6 nitrogen and oxygen atoms in total. The summed E-state index contributed by atoms with van der Waals surface area (Å²) in [6.07, 6.45) is -3.85. The number of hydrogen-bond acceptors (Lipinski definition) is 3. The van der Waals surface area contributed by atoms with Gasteiger partial charge >= 0.3 is 6.18 Å². The van der Waals surface area contributed by atoms with Gasteiger partial charge in [0.15, 0.2) is 0 Å². The number of carbonyl (C=O) groups excluding carboxylic acids is 1. The lowest BCUT2D eigenvalue weighted by Crippen LogP contribution is -2.18. The Hall–Kier alpha value is -4.21. The Balaban J connectivity index is 1.57. The number of fused-ring (bicyclic) bond motifs is 2. The first-order valence-electron chi connectivity index (χ1n) is 10.7. The first kappa shape index (κ1) is 22.6. The molecule has 0 radical (unpaired) electrons. The summed E-state index contributed by atoms with van der Waals surface area (Å²) in [5, 5.41) is 2.94. The fraction of sp³-hybridized carbons (Fsp3) is 0.160. The Labute approximate surface area is 196 Å². The van der Waals surface area contributed by atoms with Crippen molar-refractivity contribution in [2.75, 3.05) is 5.32 Å². The average Bonchev–Trinajstić information content (AvgIpc) is 3.29. The van der Waals surface area contributed by atoms with Crippen LogP contribution in [0.25, 0.3) is 22.1 Å². The van der Waals surface area contributed by atoms with E-state index in [9.17, 15) is 22.4 Å². The zero-order valence-electron chi connectivity index (χ0n) is 18.7. The number of amides is 1. The molecule has 0 aliphatic carbocycles. The predicted molar refractivity (Wildman–Crippen MR) is 124 cm³/mol. The summed E-state index contributed by atoms with van der Waals surface area (Å²) < 4.78 is 56.9. The number of imidazole rings is 1. The van der Waals surface area contributed by atoms with Gasteiger partial charge in [0.1, 0.15) is 23.0 Å². The number of nitrogens with one attached hydrogen (secondary N) is 1. The fourth-order valence-corrected chi connectivity index (χ4v) is 4.06. The Morgan fingerprint density at radius 3 is 2.63 bits per heavy atom. The summed E-state index contributed by atoms with van der Waals surface area (Å²) >= 11 is 0. The van der Waals surface area contributed by atoms with Gasteiger partial charge in [-0.3, -0.25) is 4.79 Å². The van der Waals surface area contributed by atoms with Crippen molar-refractivity contribution >= 4 is 33.7 Å². The largest absolute Gasteiger partial charge is 0.417 e. The number of rotatable bonds is 4. The van der Waals surface area contributed by atoms with E-state index in [0.717, 1.165) is 23.6 Å². The van der Waals surface area contributed by atoms with E-state index in [2.05, 4.69) is 15.3 Å². The topological polar surface area (TPSA) is 64.7 Å². The van der Waals surface area contributed by atoms with Crippen LogP contribution in [-0.2, 0) is 19.8 Å². The number of alkyl halides is 3. The summed E-state index contributed by atoms with van der Waals surface area (Å²) in [7, 11) is 1.88. The molecule has 5 aromatic rings. The van der Waals surface area contributed by atoms with Crippen molar-refractivity contribution in [1.82, 2.24) is 19.1 Å². The second kappa shape index (κ2) is 8.23. The van der Waals surface area contributed by atoms with Crippen molar-refractivity contribution in [2.45, 2.75) is 19.6 Å². The minimum Gasteiger partial charge on any atom is -0.331 e. The molecule has 0 atom stereocenters. The maximum absolute atomic E-state index is 13.8. The van der Waals surface area contributed by atoms with E-state index in [1.807, 2.05) is 24.6 Å². The SMILES string of the molecule is Cc1nc2cc(NC(=O)c3cc4cc(C(F)(F)F)cnc4n3Cc3cccc(F)c3)ccc2n1C. The summed E-state index contributed by atoms with van der Waals surface area (Å²) in [5.74, 6) is -0.193. The van der Waals surface area contributed by atoms with Gasteiger partial charge in [0.05, 0.1) is 16.6 Å². The molecule has 0 saturated carbocycles. The van der Waals surface area contributed by atoms with Crippen LogP contribution in [0.2, 0.25) is 0 Å². The van der Waals surface area contributed by atoms with E-state index in [1.54, 1.807) is 18.2 Å². The predicted octanol–water partition coefficient (Wildman–Crippen LogP) is 5.69. The third-order valence-corrected chi connectivity index (χ3v) is 5.89. The van der Waals surface area contributed by atoms with Gasteiger partial charge in [-0.15, -0.1) is 0 Å². The molecule has 2 aromatic carbocycles.